The number of Topliss-reactive ketones (excluding diaryl/α,β-unsaturated/α-hetero) is 1. The number of hydrogen-bond acceptors (Lipinski definition) is 7. The molecule has 1 atom stereocenters. The Morgan fingerprint density at radius 2 is 1.77 bits per heavy atom. The second-order valence-corrected chi connectivity index (χ2v) is 9.88. The van der Waals surface area contributed by atoms with Gasteiger partial charge in [0.15, 0.2) is 11.5 Å². The molecule has 0 bridgehead atoms. The highest BCUT2D eigenvalue weighted by Gasteiger charge is 2.46. The molecule has 3 aromatic rings. The van der Waals surface area contributed by atoms with E-state index in [1.54, 1.807) is 36.4 Å². The first kappa shape index (κ1) is 27.7. The van der Waals surface area contributed by atoms with Gasteiger partial charge in [0.2, 0.25) is 0 Å². The van der Waals surface area contributed by atoms with Gasteiger partial charge in [-0.1, -0.05) is 35.9 Å². The number of phenols is 1. The second kappa shape index (κ2) is 12.0. The van der Waals surface area contributed by atoms with E-state index in [0.717, 1.165) is 17.7 Å². The average Bonchev–Trinajstić information content (AvgIpc) is 3.17. The quantitative estimate of drug-likeness (QED) is 0.223. The number of amides is 1. The number of carbonyl (C=O) groups excluding carboxylic acids is 2. The molecule has 39 heavy (non-hydrogen) atoms. The standard InChI is InChI=1S/C31H34N2O6/c1-20-7-5-8-21(17-20)19-39-24-12-9-22(10-13-24)29(35)27-28(23-11-14-25(34)26(18-23)38-4)33(31(37)30(27)36)16-6-15-32(2)3/h5,7-14,17-18,28,34-35H,6,15-16,19H2,1-4H3/t28-/m1/s1. The molecule has 0 saturated carbocycles. The van der Waals surface area contributed by atoms with Gasteiger partial charge in [-0.05, 0) is 81.5 Å². The van der Waals surface area contributed by atoms with Crippen LogP contribution in [0.2, 0.25) is 0 Å². The van der Waals surface area contributed by atoms with Crippen LogP contribution in [0, 0.1) is 6.92 Å². The third-order valence-corrected chi connectivity index (χ3v) is 6.68. The number of ketones is 1. The molecule has 1 aliphatic heterocycles. The third kappa shape index (κ3) is 6.23. The van der Waals surface area contributed by atoms with Gasteiger partial charge in [-0.15, -0.1) is 0 Å². The highest BCUT2D eigenvalue weighted by Crippen LogP contribution is 2.42. The molecule has 8 heteroatoms. The van der Waals surface area contributed by atoms with E-state index in [-0.39, 0.29) is 22.8 Å². The Morgan fingerprint density at radius 1 is 1.03 bits per heavy atom. The zero-order valence-electron chi connectivity index (χ0n) is 22.7. The summed E-state index contributed by atoms with van der Waals surface area (Å²) >= 11 is 0. The number of rotatable bonds is 10. The number of carbonyl (C=O) groups is 2. The molecule has 0 aromatic heterocycles. The van der Waals surface area contributed by atoms with Crippen LogP contribution in [0.3, 0.4) is 0 Å². The van der Waals surface area contributed by atoms with Crippen LogP contribution in [0.15, 0.2) is 72.3 Å². The largest absolute Gasteiger partial charge is 0.507 e. The Morgan fingerprint density at radius 3 is 2.44 bits per heavy atom. The Labute approximate surface area is 228 Å². The van der Waals surface area contributed by atoms with E-state index in [4.69, 9.17) is 9.47 Å². The molecule has 0 spiro atoms. The number of benzene rings is 3. The lowest BCUT2D eigenvalue weighted by Crippen LogP contribution is -2.32. The molecule has 2 N–H and O–H groups in total. The Kier molecular flexibility index (Phi) is 8.56. The van der Waals surface area contributed by atoms with Crippen LogP contribution >= 0.6 is 0 Å². The smallest absolute Gasteiger partial charge is 0.295 e. The molecule has 4 rings (SSSR count). The fraction of sp³-hybridized carbons (Fsp3) is 0.290. The molecule has 0 aliphatic carbocycles. The van der Waals surface area contributed by atoms with Crippen molar-refractivity contribution < 1.29 is 29.3 Å². The SMILES string of the molecule is COc1cc([C@@H]2C(=C(O)c3ccc(OCc4cccc(C)c4)cc3)C(=O)C(=O)N2CCCN(C)C)ccc1O. The summed E-state index contributed by atoms with van der Waals surface area (Å²) in [6.07, 6.45) is 0.638. The van der Waals surface area contributed by atoms with Crippen LogP contribution in [0.1, 0.15) is 34.7 Å². The molecule has 0 radical (unpaired) electrons. The second-order valence-electron chi connectivity index (χ2n) is 9.88. The monoisotopic (exact) mass is 530 g/mol. The first-order valence-corrected chi connectivity index (χ1v) is 12.8. The molecule has 3 aromatic carbocycles. The molecule has 1 saturated heterocycles. The summed E-state index contributed by atoms with van der Waals surface area (Å²) in [4.78, 5) is 29.9. The summed E-state index contributed by atoms with van der Waals surface area (Å²) in [7, 11) is 5.30. The van der Waals surface area contributed by atoms with E-state index in [0.29, 0.717) is 36.4 Å². The predicted octanol–water partition coefficient (Wildman–Crippen LogP) is 4.66. The van der Waals surface area contributed by atoms with E-state index in [9.17, 15) is 19.8 Å². The van der Waals surface area contributed by atoms with Crippen molar-refractivity contribution >= 4 is 17.4 Å². The van der Waals surface area contributed by atoms with Crippen LogP contribution in [-0.4, -0.2) is 66.0 Å². The van der Waals surface area contributed by atoms with Gasteiger partial charge in [0, 0.05) is 12.1 Å². The van der Waals surface area contributed by atoms with Crippen molar-refractivity contribution in [2.24, 2.45) is 0 Å². The zero-order chi connectivity index (χ0) is 28.1. The number of likely N-dealkylation sites (tertiary alicyclic amines) is 1. The lowest BCUT2D eigenvalue weighted by molar-refractivity contribution is -0.139. The number of aromatic hydroxyl groups is 1. The Hall–Kier alpha value is -4.30. The molecule has 204 valence electrons. The van der Waals surface area contributed by atoms with E-state index in [1.165, 1.54) is 18.1 Å². The molecular weight excluding hydrogens is 496 g/mol. The van der Waals surface area contributed by atoms with Crippen molar-refractivity contribution in [2.75, 3.05) is 34.3 Å². The summed E-state index contributed by atoms with van der Waals surface area (Å²) in [6.45, 7) is 3.46. The van der Waals surface area contributed by atoms with Gasteiger partial charge in [-0.3, -0.25) is 9.59 Å². The summed E-state index contributed by atoms with van der Waals surface area (Å²) in [6, 6.07) is 18.6. The molecule has 1 aliphatic rings. The Balaban J connectivity index is 1.66. The molecule has 1 heterocycles. The maximum Gasteiger partial charge on any atom is 0.295 e. The predicted molar refractivity (Wildman–Crippen MR) is 149 cm³/mol. The van der Waals surface area contributed by atoms with Crippen LogP contribution in [0.4, 0.5) is 0 Å². The van der Waals surface area contributed by atoms with Gasteiger partial charge < -0.3 is 29.5 Å². The van der Waals surface area contributed by atoms with Crippen LogP contribution < -0.4 is 9.47 Å². The van der Waals surface area contributed by atoms with Gasteiger partial charge in [-0.25, -0.2) is 0 Å². The van der Waals surface area contributed by atoms with Gasteiger partial charge in [0.1, 0.15) is 18.1 Å². The molecule has 1 fully saturated rings. The molecule has 8 nitrogen and oxygen atoms in total. The van der Waals surface area contributed by atoms with Gasteiger partial charge in [0.25, 0.3) is 11.7 Å². The minimum Gasteiger partial charge on any atom is -0.507 e. The number of aryl methyl sites for hydroxylation is 1. The molecule has 1 amide bonds. The van der Waals surface area contributed by atoms with Crippen LogP contribution in [0.5, 0.6) is 17.2 Å². The van der Waals surface area contributed by atoms with Crippen molar-refractivity contribution in [1.29, 1.82) is 0 Å². The third-order valence-electron chi connectivity index (χ3n) is 6.68. The fourth-order valence-electron chi connectivity index (χ4n) is 4.71. The fourth-order valence-corrected chi connectivity index (χ4v) is 4.71. The van der Waals surface area contributed by atoms with Crippen molar-refractivity contribution in [3.63, 3.8) is 0 Å². The van der Waals surface area contributed by atoms with Crippen LogP contribution in [-0.2, 0) is 16.2 Å². The zero-order valence-corrected chi connectivity index (χ0v) is 22.7. The number of ether oxygens (including phenoxy) is 2. The summed E-state index contributed by atoms with van der Waals surface area (Å²) in [5, 5.41) is 21.4. The van der Waals surface area contributed by atoms with Crippen molar-refractivity contribution in [2.45, 2.75) is 26.0 Å². The number of aliphatic hydroxyl groups excluding tert-OH is 1. The van der Waals surface area contributed by atoms with Crippen molar-refractivity contribution in [3.8, 4) is 17.2 Å². The minimum atomic E-state index is -0.834. The number of aliphatic hydroxyl groups is 1. The number of hydrogen-bond donors (Lipinski definition) is 2. The highest BCUT2D eigenvalue weighted by atomic mass is 16.5. The van der Waals surface area contributed by atoms with Crippen molar-refractivity contribution in [1.82, 2.24) is 9.80 Å². The van der Waals surface area contributed by atoms with E-state index in [1.807, 2.05) is 44.1 Å². The number of methoxy groups -OCH3 is 1. The number of nitrogens with zero attached hydrogens (tertiary/aromatic N) is 2. The normalized spacial score (nSPS) is 16.6. The first-order valence-electron chi connectivity index (χ1n) is 12.8. The topological polar surface area (TPSA) is 99.5 Å². The van der Waals surface area contributed by atoms with Crippen LogP contribution in [0.25, 0.3) is 5.76 Å². The molecular formula is C31H34N2O6. The average molecular weight is 531 g/mol. The van der Waals surface area contributed by atoms with Gasteiger partial charge in [-0.2, -0.15) is 0 Å². The number of phenolic OH excluding ortho intramolecular Hbond substituents is 1. The summed E-state index contributed by atoms with van der Waals surface area (Å²) in [5.41, 5.74) is 3.12. The summed E-state index contributed by atoms with van der Waals surface area (Å²) < 4.78 is 11.1. The minimum absolute atomic E-state index is 0.00831. The maximum absolute atomic E-state index is 13.3. The lowest BCUT2D eigenvalue weighted by Gasteiger charge is -2.26. The summed E-state index contributed by atoms with van der Waals surface area (Å²) in [5.74, 6) is -0.948. The van der Waals surface area contributed by atoms with E-state index >= 15 is 0 Å². The Bertz CT molecular complexity index is 1380. The van der Waals surface area contributed by atoms with Gasteiger partial charge >= 0.3 is 0 Å². The highest BCUT2D eigenvalue weighted by molar-refractivity contribution is 6.46. The molecule has 0 unspecified atom stereocenters. The van der Waals surface area contributed by atoms with Crippen molar-refractivity contribution in [3.05, 3.63) is 94.6 Å². The lowest BCUT2D eigenvalue weighted by atomic mass is 9.95. The maximum atomic E-state index is 13.3. The van der Waals surface area contributed by atoms with Gasteiger partial charge in [0.05, 0.1) is 18.7 Å². The van der Waals surface area contributed by atoms with E-state index in [2.05, 4.69) is 6.07 Å². The first-order chi connectivity index (χ1) is 18.7. The van der Waals surface area contributed by atoms with E-state index < -0.39 is 17.7 Å².